The third-order valence-corrected chi connectivity index (χ3v) is 3.79. The molecule has 0 unspecified atom stereocenters. The SMILES string of the molecule is CCN1CCN(CCC(=O)Nc2c(F)cccc2F)CC1. The number of para-hydroxylation sites is 1. The van der Waals surface area contributed by atoms with E-state index < -0.39 is 11.6 Å². The number of halogens is 2. The summed E-state index contributed by atoms with van der Waals surface area (Å²) in [6.07, 6.45) is 0.236. The summed E-state index contributed by atoms with van der Waals surface area (Å²) in [7, 11) is 0. The number of rotatable bonds is 5. The number of amides is 1. The summed E-state index contributed by atoms with van der Waals surface area (Å²) < 4.78 is 26.8. The molecule has 6 heteroatoms. The first-order valence-corrected chi connectivity index (χ1v) is 7.28. The normalized spacial score (nSPS) is 16.9. The Morgan fingerprint density at radius 1 is 1.14 bits per heavy atom. The quantitative estimate of drug-likeness (QED) is 0.902. The van der Waals surface area contributed by atoms with Gasteiger partial charge in [-0.05, 0) is 18.7 Å². The molecular formula is C15H21F2N3O. The number of nitrogens with one attached hydrogen (secondary N) is 1. The lowest BCUT2D eigenvalue weighted by Crippen LogP contribution is -2.46. The van der Waals surface area contributed by atoms with Crippen molar-refractivity contribution < 1.29 is 13.6 Å². The first-order valence-electron chi connectivity index (χ1n) is 7.28. The summed E-state index contributed by atoms with van der Waals surface area (Å²) in [4.78, 5) is 16.3. The van der Waals surface area contributed by atoms with Crippen molar-refractivity contribution in [2.24, 2.45) is 0 Å². The van der Waals surface area contributed by atoms with E-state index in [-0.39, 0.29) is 18.0 Å². The van der Waals surface area contributed by atoms with Gasteiger partial charge in [0, 0.05) is 39.1 Å². The molecule has 0 aromatic heterocycles. The van der Waals surface area contributed by atoms with Gasteiger partial charge in [0.05, 0.1) is 0 Å². The lowest BCUT2D eigenvalue weighted by Gasteiger charge is -2.33. The Morgan fingerprint density at radius 2 is 1.71 bits per heavy atom. The Bertz CT molecular complexity index is 468. The molecule has 116 valence electrons. The van der Waals surface area contributed by atoms with Crippen molar-refractivity contribution in [2.45, 2.75) is 13.3 Å². The van der Waals surface area contributed by atoms with Crippen molar-refractivity contribution in [3.05, 3.63) is 29.8 Å². The molecule has 1 aliphatic rings. The van der Waals surface area contributed by atoms with E-state index >= 15 is 0 Å². The molecule has 1 amide bonds. The number of benzene rings is 1. The van der Waals surface area contributed by atoms with Crippen molar-refractivity contribution in [3.8, 4) is 0 Å². The van der Waals surface area contributed by atoms with Crippen molar-refractivity contribution in [1.29, 1.82) is 0 Å². The van der Waals surface area contributed by atoms with Crippen LogP contribution in [0.25, 0.3) is 0 Å². The summed E-state index contributed by atoms with van der Waals surface area (Å²) >= 11 is 0. The fourth-order valence-corrected chi connectivity index (χ4v) is 2.41. The number of carbonyl (C=O) groups excluding carboxylic acids is 1. The number of anilines is 1. The maximum atomic E-state index is 13.4. The van der Waals surface area contributed by atoms with Crippen LogP contribution >= 0.6 is 0 Å². The maximum Gasteiger partial charge on any atom is 0.225 e. The van der Waals surface area contributed by atoms with Gasteiger partial charge in [0.2, 0.25) is 5.91 Å². The Hall–Kier alpha value is -1.53. The van der Waals surface area contributed by atoms with Crippen LogP contribution in [0.5, 0.6) is 0 Å². The second-order valence-corrected chi connectivity index (χ2v) is 5.17. The van der Waals surface area contributed by atoms with Crippen molar-refractivity contribution in [3.63, 3.8) is 0 Å². The molecule has 0 aliphatic carbocycles. The van der Waals surface area contributed by atoms with Gasteiger partial charge in [-0.15, -0.1) is 0 Å². The van der Waals surface area contributed by atoms with Crippen LogP contribution in [0.1, 0.15) is 13.3 Å². The van der Waals surface area contributed by atoms with E-state index in [1.807, 2.05) is 0 Å². The number of nitrogens with zero attached hydrogens (tertiary/aromatic N) is 2. The minimum atomic E-state index is -0.750. The van der Waals surface area contributed by atoms with Crippen molar-refractivity contribution in [1.82, 2.24) is 9.80 Å². The summed E-state index contributed by atoms with van der Waals surface area (Å²) in [6, 6.07) is 3.53. The van der Waals surface area contributed by atoms with E-state index in [1.165, 1.54) is 6.07 Å². The van der Waals surface area contributed by atoms with Crippen LogP contribution in [-0.2, 0) is 4.79 Å². The van der Waals surface area contributed by atoms with Crippen LogP contribution in [0.2, 0.25) is 0 Å². The van der Waals surface area contributed by atoms with E-state index in [0.717, 1.165) is 44.9 Å². The molecule has 4 nitrogen and oxygen atoms in total. The highest BCUT2D eigenvalue weighted by Gasteiger charge is 2.17. The highest BCUT2D eigenvalue weighted by atomic mass is 19.1. The zero-order valence-corrected chi connectivity index (χ0v) is 12.2. The van der Waals surface area contributed by atoms with Gasteiger partial charge in [-0.2, -0.15) is 0 Å². The molecule has 0 bridgehead atoms. The first kappa shape index (κ1) is 15.9. The van der Waals surface area contributed by atoms with E-state index in [9.17, 15) is 13.6 Å². The molecule has 2 rings (SSSR count). The molecule has 1 N–H and O–H groups in total. The number of hydrogen-bond donors (Lipinski definition) is 1. The molecule has 1 aromatic carbocycles. The fourth-order valence-electron chi connectivity index (χ4n) is 2.41. The standard InChI is InChI=1S/C15H21F2N3O/c1-2-19-8-10-20(11-9-19)7-6-14(21)18-15-12(16)4-3-5-13(15)17/h3-5H,2,6-11H2,1H3,(H,18,21). The topological polar surface area (TPSA) is 35.6 Å². The zero-order chi connectivity index (χ0) is 15.2. The van der Waals surface area contributed by atoms with Gasteiger partial charge in [-0.25, -0.2) is 8.78 Å². The average Bonchev–Trinajstić information content (AvgIpc) is 2.49. The molecule has 1 aliphatic heterocycles. The summed E-state index contributed by atoms with van der Waals surface area (Å²) in [5.41, 5.74) is -0.363. The van der Waals surface area contributed by atoms with E-state index in [2.05, 4.69) is 22.0 Å². The van der Waals surface area contributed by atoms with Gasteiger partial charge in [0.1, 0.15) is 17.3 Å². The molecule has 1 aromatic rings. The van der Waals surface area contributed by atoms with E-state index in [0.29, 0.717) is 6.54 Å². The van der Waals surface area contributed by atoms with Gasteiger partial charge in [0.25, 0.3) is 0 Å². The Morgan fingerprint density at radius 3 is 2.29 bits per heavy atom. The molecule has 21 heavy (non-hydrogen) atoms. The molecule has 1 saturated heterocycles. The average molecular weight is 297 g/mol. The number of hydrogen-bond acceptors (Lipinski definition) is 3. The van der Waals surface area contributed by atoms with Crippen LogP contribution in [0.15, 0.2) is 18.2 Å². The minimum Gasteiger partial charge on any atom is -0.321 e. The third kappa shape index (κ3) is 4.47. The lowest BCUT2D eigenvalue weighted by atomic mass is 10.2. The molecule has 0 radical (unpaired) electrons. The van der Waals surface area contributed by atoms with Crippen LogP contribution in [0, 0.1) is 11.6 Å². The monoisotopic (exact) mass is 297 g/mol. The van der Waals surface area contributed by atoms with E-state index in [1.54, 1.807) is 0 Å². The van der Waals surface area contributed by atoms with Crippen molar-refractivity contribution in [2.75, 3.05) is 44.6 Å². The predicted molar refractivity (Wildman–Crippen MR) is 78.2 cm³/mol. The van der Waals surface area contributed by atoms with Crippen molar-refractivity contribution >= 4 is 11.6 Å². The Labute approximate surface area is 123 Å². The highest BCUT2D eigenvalue weighted by Crippen LogP contribution is 2.18. The molecule has 1 fully saturated rings. The maximum absolute atomic E-state index is 13.4. The second-order valence-electron chi connectivity index (χ2n) is 5.17. The fraction of sp³-hybridized carbons (Fsp3) is 0.533. The molecule has 0 atom stereocenters. The molecule has 1 heterocycles. The number of carbonyl (C=O) groups is 1. The molecular weight excluding hydrogens is 276 g/mol. The summed E-state index contributed by atoms with van der Waals surface area (Å²) in [6.45, 7) is 7.64. The minimum absolute atomic E-state index is 0.236. The smallest absolute Gasteiger partial charge is 0.225 e. The molecule has 0 saturated carbocycles. The lowest BCUT2D eigenvalue weighted by molar-refractivity contribution is -0.116. The van der Waals surface area contributed by atoms with Gasteiger partial charge < -0.3 is 15.1 Å². The Kier molecular flexibility index (Phi) is 5.64. The third-order valence-electron chi connectivity index (χ3n) is 3.79. The highest BCUT2D eigenvalue weighted by molar-refractivity contribution is 5.91. The van der Waals surface area contributed by atoms with Gasteiger partial charge in [0.15, 0.2) is 0 Å². The summed E-state index contributed by atoms with van der Waals surface area (Å²) in [5, 5.41) is 2.31. The zero-order valence-electron chi connectivity index (χ0n) is 12.2. The number of likely N-dealkylation sites (N-methyl/N-ethyl adjacent to an activating group) is 1. The largest absolute Gasteiger partial charge is 0.321 e. The van der Waals surface area contributed by atoms with Crippen LogP contribution in [-0.4, -0.2) is 55.0 Å². The van der Waals surface area contributed by atoms with Crippen LogP contribution in [0.4, 0.5) is 14.5 Å². The predicted octanol–water partition coefficient (Wildman–Crippen LogP) is 1.93. The van der Waals surface area contributed by atoms with Crippen LogP contribution in [0.3, 0.4) is 0 Å². The van der Waals surface area contributed by atoms with Crippen LogP contribution < -0.4 is 5.32 Å². The number of piperazine rings is 1. The van der Waals surface area contributed by atoms with Gasteiger partial charge in [-0.3, -0.25) is 4.79 Å². The van der Waals surface area contributed by atoms with E-state index in [4.69, 9.17) is 0 Å². The Balaban J connectivity index is 1.78. The summed E-state index contributed by atoms with van der Waals surface area (Å²) in [5.74, 6) is -1.86. The first-order chi connectivity index (χ1) is 10.1. The second kappa shape index (κ2) is 7.47. The van der Waals surface area contributed by atoms with Gasteiger partial charge >= 0.3 is 0 Å². The van der Waals surface area contributed by atoms with Gasteiger partial charge in [-0.1, -0.05) is 13.0 Å². The molecule has 0 spiro atoms.